The SMILES string of the molecule is C=CCNC(=O)CCC(=O)Nc1nnc(C(C)C)s1. The van der Waals surface area contributed by atoms with Crippen molar-refractivity contribution in [3.05, 3.63) is 17.7 Å². The molecule has 0 aromatic carbocycles. The van der Waals surface area contributed by atoms with Gasteiger partial charge in [0.15, 0.2) is 0 Å². The lowest BCUT2D eigenvalue weighted by Crippen LogP contribution is -2.24. The van der Waals surface area contributed by atoms with Gasteiger partial charge in [-0.2, -0.15) is 0 Å². The summed E-state index contributed by atoms with van der Waals surface area (Å²) in [6.07, 6.45) is 1.86. The van der Waals surface area contributed by atoms with Crippen LogP contribution in [0.15, 0.2) is 12.7 Å². The zero-order chi connectivity index (χ0) is 14.3. The monoisotopic (exact) mass is 282 g/mol. The van der Waals surface area contributed by atoms with E-state index in [-0.39, 0.29) is 30.6 Å². The molecule has 7 heteroatoms. The summed E-state index contributed by atoms with van der Waals surface area (Å²) in [7, 11) is 0. The lowest BCUT2D eigenvalue weighted by atomic mass is 10.2. The number of hydrogen-bond acceptors (Lipinski definition) is 5. The van der Waals surface area contributed by atoms with Crippen LogP contribution >= 0.6 is 11.3 Å². The Morgan fingerprint density at radius 3 is 2.58 bits per heavy atom. The molecule has 0 unspecified atom stereocenters. The van der Waals surface area contributed by atoms with E-state index in [1.807, 2.05) is 13.8 Å². The van der Waals surface area contributed by atoms with Gasteiger partial charge >= 0.3 is 0 Å². The Labute approximate surface area is 116 Å². The van der Waals surface area contributed by atoms with Gasteiger partial charge < -0.3 is 10.6 Å². The minimum atomic E-state index is -0.236. The zero-order valence-electron chi connectivity index (χ0n) is 11.1. The molecule has 0 aliphatic carbocycles. The second-order valence-electron chi connectivity index (χ2n) is 4.24. The Morgan fingerprint density at radius 2 is 2.00 bits per heavy atom. The summed E-state index contributed by atoms with van der Waals surface area (Å²) in [5.74, 6) is -0.122. The average Bonchev–Trinajstić information content (AvgIpc) is 2.82. The maximum Gasteiger partial charge on any atom is 0.226 e. The first-order chi connectivity index (χ1) is 9.02. The molecule has 0 radical (unpaired) electrons. The van der Waals surface area contributed by atoms with Crippen molar-refractivity contribution < 1.29 is 9.59 Å². The molecular formula is C12H18N4O2S. The molecule has 0 atom stereocenters. The van der Waals surface area contributed by atoms with Gasteiger partial charge in [0.25, 0.3) is 0 Å². The van der Waals surface area contributed by atoms with Crippen molar-refractivity contribution in [3.8, 4) is 0 Å². The van der Waals surface area contributed by atoms with Gasteiger partial charge in [-0.05, 0) is 0 Å². The van der Waals surface area contributed by atoms with Crippen molar-refractivity contribution in [3.63, 3.8) is 0 Å². The Bertz CT molecular complexity index is 456. The van der Waals surface area contributed by atoms with E-state index in [1.165, 1.54) is 11.3 Å². The zero-order valence-corrected chi connectivity index (χ0v) is 11.9. The quantitative estimate of drug-likeness (QED) is 0.745. The van der Waals surface area contributed by atoms with E-state index in [4.69, 9.17) is 0 Å². The van der Waals surface area contributed by atoms with Crippen LogP contribution in [0.25, 0.3) is 0 Å². The molecule has 1 aromatic heterocycles. The van der Waals surface area contributed by atoms with Crippen molar-refractivity contribution in [1.82, 2.24) is 15.5 Å². The highest BCUT2D eigenvalue weighted by atomic mass is 32.1. The van der Waals surface area contributed by atoms with Gasteiger partial charge in [-0.1, -0.05) is 31.3 Å². The van der Waals surface area contributed by atoms with Crippen LogP contribution in [0.1, 0.15) is 37.6 Å². The van der Waals surface area contributed by atoms with E-state index in [9.17, 15) is 9.59 Å². The highest BCUT2D eigenvalue weighted by molar-refractivity contribution is 7.15. The molecule has 0 bridgehead atoms. The van der Waals surface area contributed by atoms with Crippen molar-refractivity contribution in [2.24, 2.45) is 0 Å². The van der Waals surface area contributed by atoms with Crippen molar-refractivity contribution in [1.29, 1.82) is 0 Å². The molecule has 0 aliphatic heterocycles. The molecule has 2 N–H and O–H groups in total. The predicted molar refractivity (Wildman–Crippen MR) is 75.1 cm³/mol. The number of carbonyl (C=O) groups is 2. The van der Waals surface area contributed by atoms with E-state index < -0.39 is 0 Å². The first-order valence-electron chi connectivity index (χ1n) is 6.03. The number of rotatable bonds is 7. The number of hydrogen-bond donors (Lipinski definition) is 2. The molecule has 0 aliphatic rings. The van der Waals surface area contributed by atoms with Crippen LogP contribution < -0.4 is 10.6 Å². The van der Waals surface area contributed by atoms with E-state index in [0.29, 0.717) is 11.7 Å². The fraction of sp³-hybridized carbons (Fsp3) is 0.500. The Hall–Kier alpha value is -1.76. The maximum atomic E-state index is 11.6. The largest absolute Gasteiger partial charge is 0.353 e. The number of amides is 2. The van der Waals surface area contributed by atoms with E-state index in [0.717, 1.165) is 5.01 Å². The molecule has 1 heterocycles. The molecule has 0 fully saturated rings. The number of aromatic nitrogens is 2. The van der Waals surface area contributed by atoms with Crippen LogP contribution in [0, 0.1) is 0 Å². The summed E-state index contributed by atoms with van der Waals surface area (Å²) >= 11 is 1.35. The van der Waals surface area contributed by atoms with Gasteiger partial charge in [0, 0.05) is 25.3 Å². The summed E-state index contributed by atoms with van der Waals surface area (Å²) in [6, 6.07) is 0. The number of nitrogens with one attached hydrogen (secondary N) is 2. The number of nitrogens with zero attached hydrogens (tertiary/aromatic N) is 2. The van der Waals surface area contributed by atoms with Gasteiger partial charge in [-0.15, -0.1) is 16.8 Å². The van der Waals surface area contributed by atoms with Crippen LogP contribution in [0.4, 0.5) is 5.13 Å². The smallest absolute Gasteiger partial charge is 0.226 e. The van der Waals surface area contributed by atoms with Gasteiger partial charge in [0.1, 0.15) is 5.01 Å². The first kappa shape index (κ1) is 15.3. The lowest BCUT2D eigenvalue weighted by molar-refractivity contribution is -0.124. The summed E-state index contributed by atoms with van der Waals surface area (Å²) in [6.45, 7) is 7.92. The molecule has 1 aromatic rings. The van der Waals surface area contributed by atoms with Gasteiger partial charge in [-0.25, -0.2) is 0 Å². The highest BCUT2D eigenvalue weighted by Crippen LogP contribution is 2.22. The second-order valence-corrected chi connectivity index (χ2v) is 5.25. The fourth-order valence-electron chi connectivity index (χ4n) is 1.20. The summed E-state index contributed by atoms with van der Waals surface area (Å²) in [4.78, 5) is 22.9. The molecule has 1 rings (SSSR count). The van der Waals surface area contributed by atoms with Gasteiger partial charge in [-0.3, -0.25) is 9.59 Å². The molecule has 104 valence electrons. The third-order valence-corrected chi connectivity index (χ3v) is 3.34. The van der Waals surface area contributed by atoms with E-state index >= 15 is 0 Å². The van der Waals surface area contributed by atoms with Crippen LogP contribution in [0.2, 0.25) is 0 Å². The van der Waals surface area contributed by atoms with Crippen molar-refractivity contribution in [2.75, 3.05) is 11.9 Å². The highest BCUT2D eigenvalue weighted by Gasteiger charge is 2.11. The van der Waals surface area contributed by atoms with E-state index in [1.54, 1.807) is 6.08 Å². The normalized spacial score (nSPS) is 10.3. The summed E-state index contributed by atoms with van der Waals surface area (Å²) < 4.78 is 0. The second kappa shape index (κ2) is 7.63. The van der Waals surface area contributed by atoms with Gasteiger partial charge in [0.05, 0.1) is 0 Å². The minimum Gasteiger partial charge on any atom is -0.353 e. The molecule has 0 saturated carbocycles. The molecule has 0 spiro atoms. The van der Waals surface area contributed by atoms with Crippen LogP contribution in [-0.4, -0.2) is 28.6 Å². The number of anilines is 1. The average molecular weight is 282 g/mol. The third-order valence-electron chi connectivity index (χ3n) is 2.20. The Balaban J connectivity index is 2.34. The topological polar surface area (TPSA) is 84.0 Å². The first-order valence-corrected chi connectivity index (χ1v) is 6.85. The van der Waals surface area contributed by atoms with Crippen LogP contribution in [0.3, 0.4) is 0 Å². The van der Waals surface area contributed by atoms with E-state index in [2.05, 4.69) is 27.4 Å². The number of carbonyl (C=O) groups excluding carboxylic acids is 2. The predicted octanol–water partition coefficient (Wildman–Crippen LogP) is 1.68. The minimum absolute atomic E-state index is 0.125. The molecular weight excluding hydrogens is 264 g/mol. The molecule has 19 heavy (non-hydrogen) atoms. The van der Waals surface area contributed by atoms with Gasteiger partial charge in [0.2, 0.25) is 16.9 Å². The lowest BCUT2D eigenvalue weighted by Gasteiger charge is -2.02. The maximum absolute atomic E-state index is 11.6. The standard InChI is InChI=1S/C12H18N4O2S/c1-4-7-13-9(17)5-6-10(18)14-12-16-15-11(19-12)8(2)3/h4,8H,1,5-7H2,2-3H3,(H,13,17)(H,14,16,18). The van der Waals surface area contributed by atoms with Crippen molar-refractivity contribution in [2.45, 2.75) is 32.6 Å². The third kappa shape index (κ3) is 5.60. The summed E-state index contributed by atoms with van der Waals surface area (Å²) in [5, 5.41) is 14.4. The molecule has 6 nitrogen and oxygen atoms in total. The van der Waals surface area contributed by atoms with Crippen molar-refractivity contribution >= 4 is 28.3 Å². The Kier molecular flexibility index (Phi) is 6.14. The summed E-state index contributed by atoms with van der Waals surface area (Å²) in [5.41, 5.74) is 0. The van der Waals surface area contributed by atoms with Crippen LogP contribution in [-0.2, 0) is 9.59 Å². The molecule has 2 amide bonds. The van der Waals surface area contributed by atoms with Crippen LogP contribution in [0.5, 0.6) is 0 Å². The Morgan fingerprint density at radius 1 is 1.32 bits per heavy atom. The fourth-order valence-corrected chi connectivity index (χ4v) is 1.96. The molecule has 0 saturated heterocycles.